The molecule has 0 N–H and O–H groups in total. The Hall–Kier alpha value is -3.66. The zero-order chi connectivity index (χ0) is 23.0. The molecule has 1 heterocycles. The molecule has 4 heteroatoms. The number of carbonyl (C=O) groups excluding carboxylic acids is 2. The van der Waals surface area contributed by atoms with E-state index in [0.29, 0.717) is 35.5 Å². The monoisotopic (exact) mass is 438 g/mol. The van der Waals surface area contributed by atoms with Gasteiger partial charge in [0.15, 0.2) is 11.9 Å². The third-order valence-corrected chi connectivity index (χ3v) is 6.27. The Bertz CT molecular complexity index is 1220. The molecule has 4 nitrogen and oxygen atoms in total. The van der Waals surface area contributed by atoms with Gasteiger partial charge in [0.05, 0.1) is 5.92 Å². The van der Waals surface area contributed by atoms with Crippen LogP contribution in [0.25, 0.3) is 0 Å². The fourth-order valence-corrected chi connectivity index (χ4v) is 4.81. The first-order valence-electron chi connectivity index (χ1n) is 11.3. The molecular formula is C29H26O4. The number of para-hydroxylation sites is 1. The lowest BCUT2D eigenvalue weighted by Gasteiger charge is -2.29. The third-order valence-electron chi connectivity index (χ3n) is 6.27. The van der Waals surface area contributed by atoms with Crippen molar-refractivity contribution in [1.82, 2.24) is 0 Å². The van der Waals surface area contributed by atoms with Crippen LogP contribution in [0.3, 0.4) is 0 Å². The van der Waals surface area contributed by atoms with Gasteiger partial charge < -0.3 is 9.47 Å². The summed E-state index contributed by atoms with van der Waals surface area (Å²) in [5.41, 5.74) is 1.87. The minimum absolute atomic E-state index is 0.0593. The van der Waals surface area contributed by atoms with Gasteiger partial charge in [-0.2, -0.15) is 0 Å². The van der Waals surface area contributed by atoms with Crippen molar-refractivity contribution in [3.05, 3.63) is 107 Å². The van der Waals surface area contributed by atoms with Gasteiger partial charge in [0.2, 0.25) is 5.78 Å². The van der Waals surface area contributed by atoms with Gasteiger partial charge in [0.1, 0.15) is 17.3 Å². The van der Waals surface area contributed by atoms with Crippen LogP contribution in [0.5, 0.6) is 11.5 Å². The molecule has 166 valence electrons. The van der Waals surface area contributed by atoms with Crippen molar-refractivity contribution >= 4 is 11.6 Å². The van der Waals surface area contributed by atoms with Crippen LogP contribution in [0.1, 0.15) is 48.5 Å². The number of rotatable bonds is 5. The standard InChI is InChI=1S/C29H26O4/c1-29(2)17-23(30)26-24(18-29)33-28(27(31)19-10-5-3-6-11-19)25(26)20-12-9-15-22(16-20)32-21-13-7-4-8-14-21/h3-16,25,28H,17-18H2,1-2H3. The van der Waals surface area contributed by atoms with E-state index < -0.39 is 12.0 Å². The van der Waals surface area contributed by atoms with Crippen LogP contribution in [0, 0.1) is 5.41 Å². The Morgan fingerprint density at radius 2 is 1.55 bits per heavy atom. The molecule has 0 radical (unpaired) electrons. The van der Waals surface area contributed by atoms with Crippen LogP contribution in [0.15, 0.2) is 96.3 Å². The fourth-order valence-electron chi connectivity index (χ4n) is 4.81. The summed E-state index contributed by atoms with van der Waals surface area (Å²) in [5, 5.41) is 0. The van der Waals surface area contributed by atoms with Crippen molar-refractivity contribution in [1.29, 1.82) is 0 Å². The minimum Gasteiger partial charge on any atom is -0.485 e. The highest BCUT2D eigenvalue weighted by Crippen LogP contribution is 2.49. The Balaban J connectivity index is 1.55. The average molecular weight is 439 g/mol. The van der Waals surface area contributed by atoms with Crippen LogP contribution in [-0.2, 0) is 9.53 Å². The molecule has 0 bridgehead atoms. The lowest BCUT2D eigenvalue weighted by molar-refractivity contribution is -0.118. The normalized spacial score (nSPS) is 21.3. The van der Waals surface area contributed by atoms with Crippen LogP contribution in [-0.4, -0.2) is 17.7 Å². The van der Waals surface area contributed by atoms with Crippen molar-refractivity contribution in [2.45, 2.75) is 38.7 Å². The average Bonchev–Trinajstić information content (AvgIpc) is 3.18. The van der Waals surface area contributed by atoms with Gasteiger partial charge in [-0.25, -0.2) is 0 Å². The van der Waals surface area contributed by atoms with Crippen LogP contribution in [0.4, 0.5) is 0 Å². The third kappa shape index (κ3) is 4.21. The highest BCUT2D eigenvalue weighted by molar-refractivity contribution is 6.05. The number of hydrogen-bond donors (Lipinski definition) is 0. The van der Waals surface area contributed by atoms with Gasteiger partial charge in [0, 0.05) is 24.0 Å². The molecule has 5 rings (SSSR count). The largest absolute Gasteiger partial charge is 0.485 e. The first kappa shape index (κ1) is 21.2. The van der Waals surface area contributed by atoms with Crippen molar-refractivity contribution in [3.63, 3.8) is 0 Å². The van der Waals surface area contributed by atoms with Gasteiger partial charge >= 0.3 is 0 Å². The molecule has 0 spiro atoms. The number of ether oxygens (including phenoxy) is 2. The SMILES string of the molecule is CC1(C)CC(=O)C2=C(C1)OC(C(=O)c1ccccc1)C2c1cccc(Oc2ccccc2)c1. The summed E-state index contributed by atoms with van der Waals surface area (Å²) < 4.78 is 12.3. The topological polar surface area (TPSA) is 52.6 Å². The first-order chi connectivity index (χ1) is 15.9. The zero-order valence-electron chi connectivity index (χ0n) is 18.8. The number of allylic oxidation sites excluding steroid dienone is 1. The number of Topliss-reactive ketones (excluding diaryl/α,β-unsaturated/α-hetero) is 2. The molecule has 1 aliphatic heterocycles. The molecule has 0 aromatic heterocycles. The van der Waals surface area contributed by atoms with Gasteiger partial charge in [-0.15, -0.1) is 0 Å². The van der Waals surface area contributed by atoms with E-state index >= 15 is 0 Å². The second-order valence-electron chi connectivity index (χ2n) is 9.51. The van der Waals surface area contributed by atoms with Crippen molar-refractivity contribution in [2.75, 3.05) is 0 Å². The summed E-state index contributed by atoms with van der Waals surface area (Å²) in [5.74, 6) is 1.52. The van der Waals surface area contributed by atoms with E-state index in [1.807, 2.05) is 72.8 Å². The zero-order valence-corrected chi connectivity index (χ0v) is 18.8. The summed E-state index contributed by atoms with van der Waals surface area (Å²) in [6.45, 7) is 4.13. The minimum atomic E-state index is -0.776. The molecule has 3 aromatic rings. The quantitative estimate of drug-likeness (QED) is 0.428. The van der Waals surface area contributed by atoms with E-state index in [0.717, 1.165) is 11.3 Å². The van der Waals surface area contributed by atoms with E-state index in [9.17, 15) is 9.59 Å². The molecule has 0 fully saturated rings. The van der Waals surface area contributed by atoms with Gasteiger partial charge in [-0.05, 0) is 35.2 Å². The predicted octanol–water partition coefficient (Wildman–Crippen LogP) is 6.49. The summed E-state index contributed by atoms with van der Waals surface area (Å²) >= 11 is 0. The van der Waals surface area contributed by atoms with Crippen molar-refractivity contribution in [3.8, 4) is 11.5 Å². The van der Waals surface area contributed by atoms with Crippen LogP contribution in [0.2, 0.25) is 0 Å². The Kier molecular flexibility index (Phi) is 5.37. The predicted molar refractivity (Wildman–Crippen MR) is 126 cm³/mol. The highest BCUT2D eigenvalue weighted by atomic mass is 16.5. The molecule has 0 saturated carbocycles. The molecule has 0 amide bonds. The van der Waals surface area contributed by atoms with Crippen LogP contribution < -0.4 is 4.74 Å². The summed E-state index contributed by atoms with van der Waals surface area (Å²) in [6, 6.07) is 26.3. The second-order valence-corrected chi connectivity index (χ2v) is 9.51. The van der Waals surface area contributed by atoms with E-state index in [1.54, 1.807) is 12.1 Å². The van der Waals surface area contributed by atoms with E-state index in [1.165, 1.54) is 0 Å². The molecule has 2 atom stereocenters. The number of ketones is 2. The Morgan fingerprint density at radius 3 is 2.27 bits per heavy atom. The number of carbonyl (C=O) groups is 2. The summed E-state index contributed by atoms with van der Waals surface area (Å²) in [4.78, 5) is 26.8. The molecule has 2 aliphatic rings. The molecule has 1 aliphatic carbocycles. The Labute approximate surface area is 193 Å². The molecule has 0 saturated heterocycles. The molecule has 3 aromatic carbocycles. The van der Waals surface area contributed by atoms with Gasteiger partial charge in [-0.3, -0.25) is 9.59 Å². The molecule has 33 heavy (non-hydrogen) atoms. The van der Waals surface area contributed by atoms with Crippen LogP contribution >= 0.6 is 0 Å². The lowest BCUT2D eigenvalue weighted by atomic mass is 9.72. The maximum absolute atomic E-state index is 13.5. The number of benzene rings is 3. The molecule has 2 unspecified atom stereocenters. The van der Waals surface area contributed by atoms with E-state index in [4.69, 9.17) is 9.47 Å². The Morgan fingerprint density at radius 1 is 0.879 bits per heavy atom. The second kappa shape index (κ2) is 8.36. The first-order valence-corrected chi connectivity index (χ1v) is 11.3. The fraction of sp³-hybridized carbons (Fsp3) is 0.241. The van der Waals surface area contributed by atoms with E-state index in [2.05, 4.69) is 13.8 Å². The smallest absolute Gasteiger partial charge is 0.204 e. The van der Waals surface area contributed by atoms with E-state index in [-0.39, 0.29) is 17.0 Å². The summed E-state index contributed by atoms with van der Waals surface area (Å²) in [6.07, 6.45) is 0.309. The lowest BCUT2D eigenvalue weighted by Crippen LogP contribution is -2.29. The maximum Gasteiger partial charge on any atom is 0.204 e. The summed E-state index contributed by atoms with van der Waals surface area (Å²) in [7, 11) is 0. The molecular weight excluding hydrogens is 412 g/mol. The van der Waals surface area contributed by atoms with Crippen molar-refractivity contribution < 1.29 is 19.1 Å². The van der Waals surface area contributed by atoms with Gasteiger partial charge in [-0.1, -0.05) is 74.5 Å². The number of hydrogen-bond acceptors (Lipinski definition) is 4. The maximum atomic E-state index is 13.5. The highest BCUT2D eigenvalue weighted by Gasteiger charge is 2.49. The van der Waals surface area contributed by atoms with Gasteiger partial charge in [0.25, 0.3) is 0 Å². The van der Waals surface area contributed by atoms with Crippen molar-refractivity contribution in [2.24, 2.45) is 5.41 Å².